The number of halogens is 1. The third-order valence-electron chi connectivity index (χ3n) is 3.72. The monoisotopic (exact) mass is 277 g/mol. The highest BCUT2D eigenvalue weighted by Gasteiger charge is 2.26. The highest BCUT2D eigenvalue weighted by molar-refractivity contribution is 6.20. The van der Waals surface area contributed by atoms with E-state index in [1.165, 1.54) is 6.20 Å². The predicted octanol–water partition coefficient (Wildman–Crippen LogP) is 2.15. The Kier molecular flexibility index (Phi) is 4.37. The van der Waals surface area contributed by atoms with Gasteiger partial charge in [-0.2, -0.15) is 0 Å². The summed E-state index contributed by atoms with van der Waals surface area (Å²) in [5.41, 5.74) is 7.45. The summed E-state index contributed by atoms with van der Waals surface area (Å²) in [7, 11) is 0. The van der Waals surface area contributed by atoms with Gasteiger partial charge in [0.05, 0.1) is 36.2 Å². The molecular formula is C15H20FN3O. The first kappa shape index (κ1) is 14.5. The summed E-state index contributed by atoms with van der Waals surface area (Å²) >= 11 is 0. The number of anilines is 1. The second-order valence-electron chi connectivity index (χ2n) is 5.16. The van der Waals surface area contributed by atoms with Crippen LogP contribution >= 0.6 is 0 Å². The van der Waals surface area contributed by atoms with Gasteiger partial charge in [-0.05, 0) is 18.6 Å². The first-order valence-electron chi connectivity index (χ1n) is 6.88. The van der Waals surface area contributed by atoms with Crippen molar-refractivity contribution < 1.29 is 9.18 Å². The smallest absolute Gasteiger partial charge is 0.169 e. The Morgan fingerprint density at radius 3 is 2.75 bits per heavy atom. The van der Waals surface area contributed by atoms with Crippen molar-refractivity contribution >= 4 is 17.0 Å². The number of nitrogens with two attached hydrogens (primary N) is 1. The van der Waals surface area contributed by atoms with Crippen LogP contribution in [0.2, 0.25) is 0 Å². The zero-order valence-corrected chi connectivity index (χ0v) is 11.8. The van der Waals surface area contributed by atoms with E-state index >= 15 is 0 Å². The van der Waals surface area contributed by atoms with Crippen LogP contribution in [-0.4, -0.2) is 30.0 Å². The molecule has 1 unspecified atom stereocenters. The summed E-state index contributed by atoms with van der Waals surface area (Å²) in [5, 5.41) is 0. The molecule has 1 saturated heterocycles. The molecule has 5 heteroatoms. The van der Waals surface area contributed by atoms with E-state index < -0.39 is 6.17 Å². The number of aromatic nitrogens is 1. The van der Waals surface area contributed by atoms with Gasteiger partial charge in [-0.25, -0.2) is 4.39 Å². The Labute approximate surface area is 118 Å². The highest BCUT2D eigenvalue weighted by Crippen LogP contribution is 2.24. The third kappa shape index (κ3) is 2.81. The van der Waals surface area contributed by atoms with E-state index in [0.717, 1.165) is 12.1 Å². The zero-order chi connectivity index (χ0) is 14.7. The van der Waals surface area contributed by atoms with Gasteiger partial charge >= 0.3 is 0 Å². The van der Waals surface area contributed by atoms with Gasteiger partial charge in [-0.3, -0.25) is 9.78 Å². The SMILES string of the molecule is CCC(C)C(=O)C(=CN)c1ccc(N2CC(F)C2)cn1. The fraction of sp³-hybridized carbons (Fsp3) is 0.467. The number of nitrogens with zero attached hydrogens (tertiary/aromatic N) is 2. The maximum Gasteiger partial charge on any atom is 0.169 e. The van der Waals surface area contributed by atoms with Gasteiger partial charge in [-0.15, -0.1) is 0 Å². The van der Waals surface area contributed by atoms with Crippen molar-refractivity contribution in [3.05, 3.63) is 30.2 Å². The second-order valence-corrected chi connectivity index (χ2v) is 5.16. The number of rotatable bonds is 5. The number of hydrogen-bond donors (Lipinski definition) is 1. The number of allylic oxidation sites excluding steroid dienone is 1. The lowest BCUT2D eigenvalue weighted by Crippen LogP contribution is -2.48. The Morgan fingerprint density at radius 2 is 2.30 bits per heavy atom. The molecule has 1 aliphatic heterocycles. The molecule has 0 saturated carbocycles. The van der Waals surface area contributed by atoms with Gasteiger partial charge in [0.25, 0.3) is 0 Å². The first-order valence-corrected chi connectivity index (χ1v) is 6.88. The van der Waals surface area contributed by atoms with Crippen LogP contribution in [0.3, 0.4) is 0 Å². The van der Waals surface area contributed by atoms with Crippen LogP contribution in [0.4, 0.5) is 10.1 Å². The number of Topliss-reactive ketones (excluding diaryl/α,β-unsaturated/α-hetero) is 1. The van der Waals surface area contributed by atoms with Crippen LogP contribution in [0.25, 0.3) is 5.57 Å². The van der Waals surface area contributed by atoms with Gasteiger partial charge in [-0.1, -0.05) is 13.8 Å². The second kappa shape index (κ2) is 6.03. The summed E-state index contributed by atoms with van der Waals surface area (Å²) in [4.78, 5) is 18.4. The molecule has 2 N–H and O–H groups in total. The molecule has 0 aliphatic carbocycles. The Bertz CT molecular complexity index is 506. The molecule has 2 rings (SSSR count). The summed E-state index contributed by atoms with van der Waals surface area (Å²) < 4.78 is 12.8. The van der Waals surface area contributed by atoms with E-state index in [9.17, 15) is 9.18 Å². The number of ketones is 1. The molecule has 0 radical (unpaired) electrons. The van der Waals surface area contributed by atoms with Gasteiger partial charge in [0.1, 0.15) is 6.17 Å². The fourth-order valence-corrected chi connectivity index (χ4v) is 2.11. The van der Waals surface area contributed by atoms with Gasteiger partial charge in [0.2, 0.25) is 0 Å². The maximum atomic E-state index is 12.8. The van der Waals surface area contributed by atoms with E-state index in [4.69, 9.17) is 5.73 Å². The van der Waals surface area contributed by atoms with Crippen LogP contribution in [0.1, 0.15) is 26.0 Å². The summed E-state index contributed by atoms with van der Waals surface area (Å²) in [6.07, 6.45) is 2.99. The molecule has 0 aromatic carbocycles. The van der Waals surface area contributed by atoms with Crippen molar-refractivity contribution in [2.45, 2.75) is 26.4 Å². The van der Waals surface area contributed by atoms with E-state index in [2.05, 4.69) is 4.98 Å². The van der Waals surface area contributed by atoms with Gasteiger partial charge < -0.3 is 10.6 Å². The predicted molar refractivity (Wildman–Crippen MR) is 78.0 cm³/mol. The minimum atomic E-state index is -0.749. The Morgan fingerprint density at radius 1 is 1.60 bits per heavy atom. The van der Waals surface area contributed by atoms with Crippen molar-refractivity contribution in [3.8, 4) is 0 Å². The van der Waals surface area contributed by atoms with E-state index in [0.29, 0.717) is 24.4 Å². The summed E-state index contributed by atoms with van der Waals surface area (Å²) in [6.45, 7) is 4.66. The minimum absolute atomic E-state index is 0.00280. The van der Waals surface area contributed by atoms with Crippen LogP contribution in [0.15, 0.2) is 24.5 Å². The number of alkyl halides is 1. The van der Waals surface area contributed by atoms with Crippen molar-refractivity contribution in [1.82, 2.24) is 4.98 Å². The molecule has 108 valence electrons. The topological polar surface area (TPSA) is 59.2 Å². The number of pyridine rings is 1. The van der Waals surface area contributed by atoms with Crippen molar-refractivity contribution in [1.29, 1.82) is 0 Å². The Balaban J connectivity index is 2.14. The van der Waals surface area contributed by atoms with E-state index in [-0.39, 0.29) is 11.7 Å². The van der Waals surface area contributed by atoms with Crippen LogP contribution in [0, 0.1) is 5.92 Å². The fourth-order valence-electron chi connectivity index (χ4n) is 2.11. The molecular weight excluding hydrogens is 257 g/mol. The van der Waals surface area contributed by atoms with E-state index in [1.54, 1.807) is 12.3 Å². The highest BCUT2D eigenvalue weighted by atomic mass is 19.1. The summed E-state index contributed by atoms with van der Waals surface area (Å²) in [5.74, 6) is -0.0722. The van der Waals surface area contributed by atoms with Gasteiger partial charge in [0.15, 0.2) is 5.78 Å². The van der Waals surface area contributed by atoms with Crippen molar-refractivity contribution in [2.75, 3.05) is 18.0 Å². The normalized spacial score (nSPS) is 17.8. The number of carbonyl (C=O) groups excluding carboxylic acids is 1. The average Bonchev–Trinajstić information content (AvgIpc) is 2.44. The molecule has 0 amide bonds. The van der Waals surface area contributed by atoms with Crippen LogP contribution < -0.4 is 10.6 Å². The molecule has 1 aromatic heterocycles. The lowest BCUT2D eigenvalue weighted by Gasteiger charge is -2.36. The largest absolute Gasteiger partial charge is 0.404 e. The maximum absolute atomic E-state index is 12.8. The minimum Gasteiger partial charge on any atom is -0.404 e. The van der Waals surface area contributed by atoms with Crippen molar-refractivity contribution in [2.24, 2.45) is 11.7 Å². The molecule has 2 heterocycles. The van der Waals surface area contributed by atoms with Crippen molar-refractivity contribution in [3.63, 3.8) is 0 Å². The summed E-state index contributed by atoms with van der Waals surface area (Å²) in [6, 6.07) is 3.61. The lowest BCUT2D eigenvalue weighted by molar-refractivity contribution is -0.116. The molecule has 0 spiro atoms. The Hall–Kier alpha value is -1.91. The molecule has 1 atom stereocenters. The standard InChI is InChI=1S/C15H20FN3O/c1-3-10(2)15(20)13(6-17)14-5-4-12(7-18-14)19-8-11(16)9-19/h4-7,10-11H,3,8-9,17H2,1-2H3. The van der Waals surface area contributed by atoms with Crippen LogP contribution in [0.5, 0.6) is 0 Å². The molecule has 1 fully saturated rings. The van der Waals surface area contributed by atoms with E-state index in [1.807, 2.05) is 24.8 Å². The molecule has 0 bridgehead atoms. The third-order valence-corrected chi connectivity index (χ3v) is 3.72. The van der Waals surface area contributed by atoms with Crippen LogP contribution in [-0.2, 0) is 4.79 Å². The lowest BCUT2D eigenvalue weighted by atomic mass is 9.95. The quantitative estimate of drug-likeness (QED) is 0.838. The first-order chi connectivity index (χ1) is 9.56. The zero-order valence-electron chi connectivity index (χ0n) is 11.8. The molecule has 4 nitrogen and oxygen atoms in total. The molecule has 20 heavy (non-hydrogen) atoms. The average molecular weight is 277 g/mol. The molecule has 1 aromatic rings. The number of hydrogen-bond acceptors (Lipinski definition) is 4. The number of carbonyl (C=O) groups is 1. The van der Waals surface area contributed by atoms with Gasteiger partial charge in [0, 0.05) is 12.1 Å². The molecule has 1 aliphatic rings.